The van der Waals surface area contributed by atoms with Gasteiger partial charge >= 0.3 is 5.97 Å². The summed E-state index contributed by atoms with van der Waals surface area (Å²) < 4.78 is 10.4. The van der Waals surface area contributed by atoms with Crippen LogP contribution in [0.25, 0.3) is 0 Å². The second-order valence-corrected chi connectivity index (χ2v) is 4.78. The van der Waals surface area contributed by atoms with E-state index in [4.69, 9.17) is 9.47 Å². The average molecular weight is 259 g/mol. The number of esters is 1. The van der Waals surface area contributed by atoms with Gasteiger partial charge in [0.15, 0.2) is 0 Å². The zero-order valence-corrected chi connectivity index (χ0v) is 12.4. The standard InChI is InChI=1S/C14H29NO3/c1-5-7-8-9-11-18-12-10-14(3,15-6-2)13(16)17-4/h15H,5-12H2,1-4H3. The zero-order valence-electron chi connectivity index (χ0n) is 12.4. The van der Waals surface area contributed by atoms with Crippen LogP contribution in [0.2, 0.25) is 0 Å². The van der Waals surface area contributed by atoms with Gasteiger partial charge in [0.1, 0.15) is 5.54 Å². The molecule has 1 atom stereocenters. The first-order chi connectivity index (χ1) is 8.60. The molecule has 4 heteroatoms. The second kappa shape index (κ2) is 10.3. The number of hydrogen-bond donors (Lipinski definition) is 1. The highest BCUT2D eigenvalue weighted by atomic mass is 16.5. The number of methoxy groups -OCH3 is 1. The number of carbonyl (C=O) groups excluding carboxylic acids is 1. The first-order valence-electron chi connectivity index (χ1n) is 7.02. The molecule has 0 aliphatic heterocycles. The van der Waals surface area contributed by atoms with E-state index in [1.165, 1.54) is 26.4 Å². The lowest BCUT2D eigenvalue weighted by Gasteiger charge is -2.27. The Kier molecular flexibility index (Phi) is 9.98. The molecule has 0 heterocycles. The van der Waals surface area contributed by atoms with Crippen LogP contribution in [0.1, 0.15) is 52.9 Å². The van der Waals surface area contributed by atoms with E-state index < -0.39 is 5.54 Å². The molecule has 0 aliphatic carbocycles. The van der Waals surface area contributed by atoms with Crippen LogP contribution in [0.15, 0.2) is 0 Å². The molecule has 0 rings (SSSR count). The van der Waals surface area contributed by atoms with Gasteiger partial charge in [-0.1, -0.05) is 33.1 Å². The molecular formula is C14H29NO3. The molecule has 0 amide bonds. The Hall–Kier alpha value is -0.610. The van der Waals surface area contributed by atoms with Gasteiger partial charge in [0.05, 0.1) is 7.11 Å². The molecule has 0 radical (unpaired) electrons. The van der Waals surface area contributed by atoms with Gasteiger partial charge in [-0.3, -0.25) is 4.79 Å². The van der Waals surface area contributed by atoms with Gasteiger partial charge < -0.3 is 14.8 Å². The lowest BCUT2D eigenvalue weighted by molar-refractivity contribution is -0.148. The van der Waals surface area contributed by atoms with Crippen LogP contribution in [-0.4, -0.2) is 38.4 Å². The number of rotatable bonds is 11. The summed E-state index contributed by atoms with van der Waals surface area (Å²) in [5, 5.41) is 3.17. The largest absolute Gasteiger partial charge is 0.468 e. The highest BCUT2D eigenvalue weighted by Gasteiger charge is 2.32. The molecule has 1 N–H and O–H groups in total. The van der Waals surface area contributed by atoms with Crippen LogP contribution in [0.5, 0.6) is 0 Å². The number of nitrogens with one attached hydrogen (secondary N) is 1. The summed E-state index contributed by atoms with van der Waals surface area (Å²) in [6.07, 6.45) is 5.46. The van der Waals surface area contributed by atoms with E-state index in [9.17, 15) is 4.79 Å². The maximum Gasteiger partial charge on any atom is 0.325 e. The Balaban J connectivity index is 3.80. The number of likely N-dealkylation sites (N-methyl/N-ethyl adjacent to an activating group) is 1. The Morgan fingerprint density at radius 1 is 1.17 bits per heavy atom. The summed E-state index contributed by atoms with van der Waals surface area (Å²) >= 11 is 0. The lowest BCUT2D eigenvalue weighted by atomic mass is 9.98. The summed E-state index contributed by atoms with van der Waals surface area (Å²) in [5.41, 5.74) is -0.632. The summed E-state index contributed by atoms with van der Waals surface area (Å²) in [4.78, 5) is 11.7. The van der Waals surface area contributed by atoms with Gasteiger partial charge in [0.25, 0.3) is 0 Å². The Morgan fingerprint density at radius 3 is 2.44 bits per heavy atom. The monoisotopic (exact) mass is 259 g/mol. The van der Waals surface area contributed by atoms with Gasteiger partial charge in [0.2, 0.25) is 0 Å². The van der Waals surface area contributed by atoms with Gasteiger partial charge in [-0.05, 0) is 26.3 Å². The first kappa shape index (κ1) is 17.4. The fourth-order valence-electron chi connectivity index (χ4n) is 1.89. The van der Waals surface area contributed by atoms with Crippen molar-refractivity contribution in [2.45, 2.75) is 58.4 Å². The van der Waals surface area contributed by atoms with E-state index >= 15 is 0 Å². The Bertz CT molecular complexity index is 221. The zero-order chi connectivity index (χ0) is 13.9. The number of carbonyl (C=O) groups is 1. The Morgan fingerprint density at radius 2 is 1.89 bits per heavy atom. The lowest BCUT2D eigenvalue weighted by Crippen LogP contribution is -2.50. The first-order valence-corrected chi connectivity index (χ1v) is 7.02. The minimum atomic E-state index is -0.632. The molecule has 108 valence electrons. The molecule has 4 nitrogen and oxygen atoms in total. The molecule has 0 fully saturated rings. The van der Waals surface area contributed by atoms with E-state index in [0.717, 1.165) is 19.6 Å². The molecule has 0 spiro atoms. The van der Waals surface area contributed by atoms with Crippen molar-refractivity contribution in [3.63, 3.8) is 0 Å². The summed E-state index contributed by atoms with van der Waals surface area (Å²) in [6.45, 7) is 8.14. The van der Waals surface area contributed by atoms with Crippen LogP contribution < -0.4 is 5.32 Å². The van der Waals surface area contributed by atoms with Crippen molar-refractivity contribution >= 4 is 5.97 Å². The summed E-state index contributed by atoms with van der Waals surface area (Å²) in [5.74, 6) is -0.223. The third kappa shape index (κ3) is 6.97. The molecule has 0 saturated carbocycles. The van der Waals surface area contributed by atoms with Crippen LogP contribution in [0.3, 0.4) is 0 Å². The number of hydrogen-bond acceptors (Lipinski definition) is 4. The second-order valence-electron chi connectivity index (χ2n) is 4.78. The van der Waals surface area contributed by atoms with E-state index in [1.807, 2.05) is 13.8 Å². The van der Waals surface area contributed by atoms with Crippen molar-refractivity contribution in [2.24, 2.45) is 0 Å². The molecule has 0 aromatic carbocycles. The molecule has 0 aliphatic rings. The smallest absolute Gasteiger partial charge is 0.325 e. The van der Waals surface area contributed by atoms with Gasteiger partial charge in [-0.2, -0.15) is 0 Å². The van der Waals surface area contributed by atoms with Crippen molar-refractivity contribution in [3.8, 4) is 0 Å². The highest BCUT2D eigenvalue weighted by Crippen LogP contribution is 2.12. The fourth-order valence-corrected chi connectivity index (χ4v) is 1.89. The van der Waals surface area contributed by atoms with Crippen LogP contribution >= 0.6 is 0 Å². The summed E-state index contributed by atoms with van der Waals surface area (Å²) in [7, 11) is 1.42. The van der Waals surface area contributed by atoms with Gasteiger partial charge in [0, 0.05) is 13.2 Å². The normalized spacial score (nSPS) is 14.2. The van der Waals surface area contributed by atoms with Crippen molar-refractivity contribution in [1.29, 1.82) is 0 Å². The molecule has 0 aromatic rings. The average Bonchev–Trinajstić information content (AvgIpc) is 2.37. The summed E-state index contributed by atoms with van der Waals surface area (Å²) in [6, 6.07) is 0. The molecular weight excluding hydrogens is 230 g/mol. The van der Waals surface area contributed by atoms with Crippen molar-refractivity contribution < 1.29 is 14.3 Å². The van der Waals surface area contributed by atoms with Gasteiger partial charge in [-0.25, -0.2) is 0 Å². The molecule has 0 bridgehead atoms. The third-order valence-electron chi connectivity index (χ3n) is 3.09. The van der Waals surface area contributed by atoms with Crippen molar-refractivity contribution in [2.75, 3.05) is 26.9 Å². The van der Waals surface area contributed by atoms with E-state index in [-0.39, 0.29) is 5.97 Å². The minimum Gasteiger partial charge on any atom is -0.468 e. The SMILES string of the molecule is CCCCCCOCCC(C)(NCC)C(=O)OC. The maximum absolute atomic E-state index is 11.7. The molecule has 1 unspecified atom stereocenters. The van der Waals surface area contributed by atoms with Crippen LogP contribution in [0, 0.1) is 0 Å². The number of unbranched alkanes of at least 4 members (excludes halogenated alkanes) is 3. The third-order valence-corrected chi connectivity index (χ3v) is 3.09. The predicted octanol–water partition coefficient (Wildman–Crippen LogP) is 2.51. The van der Waals surface area contributed by atoms with E-state index in [0.29, 0.717) is 13.0 Å². The topological polar surface area (TPSA) is 47.6 Å². The van der Waals surface area contributed by atoms with Gasteiger partial charge in [-0.15, -0.1) is 0 Å². The predicted molar refractivity (Wildman–Crippen MR) is 73.7 cm³/mol. The minimum absolute atomic E-state index is 0.223. The van der Waals surface area contributed by atoms with Crippen LogP contribution in [-0.2, 0) is 14.3 Å². The fraction of sp³-hybridized carbons (Fsp3) is 0.929. The Labute approximate surface area is 111 Å². The van der Waals surface area contributed by atoms with E-state index in [1.54, 1.807) is 0 Å². The van der Waals surface area contributed by atoms with Crippen molar-refractivity contribution in [1.82, 2.24) is 5.32 Å². The number of ether oxygens (including phenoxy) is 2. The van der Waals surface area contributed by atoms with Crippen LogP contribution in [0.4, 0.5) is 0 Å². The molecule has 0 aromatic heterocycles. The molecule has 0 saturated heterocycles. The van der Waals surface area contributed by atoms with Crippen molar-refractivity contribution in [3.05, 3.63) is 0 Å². The van der Waals surface area contributed by atoms with E-state index in [2.05, 4.69) is 12.2 Å². The quantitative estimate of drug-likeness (QED) is 0.457. The maximum atomic E-state index is 11.7. The highest BCUT2D eigenvalue weighted by molar-refractivity contribution is 5.80. The molecule has 18 heavy (non-hydrogen) atoms.